The smallest absolute Gasteiger partial charge is 0.273 e. The summed E-state index contributed by atoms with van der Waals surface area (Å²) in [6.45, 7) is 1.66. The number of amides is 1. The first kappa shape index (κ1) is 8.25. The van der Waals surface area contributed by atoms with Gasteiger partial charge in [0.15, 0.2) is 0 Å². The second-order valence-electron chi connectivity index (χ2n) is 3.06. The van der Waals surface area contributed by atoms with Crippen LogP contribution in [-0.2, 0) is 7.05 Å². The van der Waals surface area contributed by atoms with Crippen molar-refractivity contribution < 1.29 is 4.79 Å². The SMILES string of the molecule is Cn1nccc1C(=O)N1CCCN1. The molecule has 2 heterocycles. The van der Waals surface area contributed by atoms with Crippen molar-refractivity contribution in [3.05, 3.63) is 18.0 Å². The summed E-state index contributed by atoms with van der Waals surface area (Å²) in [5.41, 5.74) is 3.63. The number of hydrazine groups is 1. The minimum absolute atomic E-state index is 0.00231. The van der Waals surface area contributed by atoms with Gasteiger partial charge < -0.3 is 0 Å². The number of rotatable bonds is 1. The van der Waals surface area contributed by atoms with Gasteiger partial charge >= 0.3 is 0 Å². The second-order valence-corrected chi connectivity index (χ2v) is 3.06. The van der Waals surface area contributed by atoms with E-state index in [1.165, 1.54) is 0 Å². The molecule has 1 aromatic rings. The second kappa shape index (κ2) is 3.18. The normalized spacial score (nSPS) is 16.5. The van der Waals surface area contributed by atoms with Crippen LogP contribution in [0, 0.1) is 0 Å². The molecule has 0 radical (unpaired) electrons. The zero-order chi connectivity index (χ0) is 9.26. The van der Waals surface area contributed by atoms with Gasteiger partial charge in [0.2, 0.25) is 0 Å². The molecule has 1 N–H and O–H groups in total. The average Bonchev–Trinajstić information content (AvgIpc) is 2.72. The fourth-order valence-corrected chi connectivity index (χ4v) is 1.43. The van der Waals surface area contributed by atoms with Crippen molar-refractivity contribution in [3.8, 4) is 0 Å². The number of aryl methyl sites for hydroxylation is 1. The quantitative estimate of drug-likeness (QED) is 0.649. The maximum absolute atomic E-state index is 11.7. The van der Waals surface area contributed by atoms with Gasteiger partial charge in [0.05, 0.1) is 0 Å². The highest BCUT2D eigenvalue weighted by atomic mass is 16.2. The van der Waals surface area contributed by atoms with Gasteiger partial charge in [-0.3, -0.25) is 14.5 Å². The Kier molecular flexibility index (Phi) is 2.02. The van der Waals surface area contributed by atoms with Gasteiger partial charge in [0.1, 0.15) is 5.69 Å². The number of carbonyl (C=O) groups is 1. The van der Waals surface area contributed by atoms with Gasteiger partial charge in [-0.2, -0.15) is 5.10 Å². The van der Waals surface area contributed by atoms with Crippen LogP contribution >= 0.6 is 0 Å². The maximum Gasteiger partial charge on any atom is 0.286 e. The number of nitrogens with one attached hydrogen (secondary N) is 1. The predicted octanol–water partition coefficient (Wildman–Crippen LogP) is -0.229. The molecule has 1 aromatic heterocycles. The third kappa shape index (κ3) is 1.42. The van der Waals surface area contributed by atoms with Crippen molar-refractivity contribution >= 4 is 5.91 Å². The summed E-state index contributed by atoms with van der Waals surface area (Å²) in [6.07, 6.45) is 2.65. The van der Waals surface area contributed by atoms with Crippen molar-refractivity contribution in [1.82, 2.24) is 20.2 Å². The molecule has 0 saturated carbocycles. The van der Waals surface area contributed by atoms with E-state index in [0.717, 1.165) is 19.5 Å². The summed E-state index contributed by atoms with van der Waals surface area (Å²) in [5.74, 6) is -0.00231. The molecule has 1 aliphatic rings. The molecule has 1 fully saturated rings. The molecule has 0 bridgehead atoms. The van der Waals surface area contributed by atoms with Crippen LogP contribution in [0.1, 0.15) is 16.9 Å². The van der Waals surface area contributed by atoms with Crippen LogP contribution in [0.2, 0.25) is 0 Å². The zero-order valence-corrected chi connectivity index (χ0v) is 7.53. The topological polar surface area (TPSA) is 50.2 Å². The Morgan fingerprint density at radius 3 is 3.08 bits per heavy atom. The molecule has 0 unspecified atom stereocenters. The molecule has 2 rings (SSSR count). The summed E-state index contributed by atoms with van der Waals surface area (Å²) in [5, 5.41) is 5.59. The van der Waals surface area contributed by atoms with Crippen LogP contribution in [0.25, 0.3) is 0 Å². The lowest BCUT2D eigenvalue weighted by molar-refractivity contribution is 0.0715. The molecule has 1 aliphatic heterocycles. The van der Waals surface area contributed by atoms with E-state index in [4.69, 9.17) is 0 Å². The number of hydrogen-bond donors (Lipinski definition) is 1. The van der Waals surface area contributed by atoms with Gasteiger partial charge in [0.25, 0.3) is 5.91 Å². The van der Waals surface area contributed by atoms with Crippen LogP contribution in [0.5, 0.6) is 0 Å². The Bertz CT molecular complexity index is 314. The van der Waals surface area contributed by atoms with Crippen LogP contribution < -0.4 is 5.43 Å². The van der Waals surface area contributed by atoms with E-state index in [1.54, 1.807) is 29.0 Å². The molecule has 5 heteroatoms. The lowest BCUT2D eigenvalue weighted by atomic mass is 10.4. The van der Waals surface area contributed by atoms with Gasteiger partial charge in [0, 0.05) is 26.3 Å². The monoisotopic (exact) mass is 180 g/mol. The molecule has 0 aromatic carbocycles. The number of hydrogen-bond acceptors (Lipinski definition) is 3. The molecule has 13 heavy (non-hydrogen) atoms. The minimum atomic E-state index is -0.00231. The summed E-state index contributed by atoms with van der Waals surface area (Å²) in [7, 11) is 1.77. The highest BCUT2D eigenvalue weighted by molar-refractivity contribution is 5.92. The molecular weight excluding hydrogens is 168 g/mol. The third-order valence-corrected chi connectivity index (χ3v) is 2.15. The molecule has 5 nitrogen and oxygen atoms in total. The van der Waals surface area contributed by atoms with E-state index in [1.807, 2.05) is 0 Å². The van der Waals surface area contributed by atoms with Gasteiger partial charge in [-0.1, -0.05) is 0 Å². The zero-order valence-electron chi connectivity index (χ0n) is 7.53. The lowest BCUT2D eigenvalue weighted by Gasteiger charge is -2.14. The summed E-state index contributed by atoms with van der Waals surface area (Å²) >= 11 is 0. The van der Waals surface area contributed by atoms with E-state index >= 15 is 0 Å². The van der Waals surface area contributed by atoms with Crippen molar-refractivity contribution in [3.63, 3.8) is 0 Å². The van der Waals surface area contributed by atoms with E-state index in [2.05, 4.69) is 10.5 Å². The van der Waals surface area contributed by atoms with Crippen molar-refractivity contribution in [2.24, 2.45) is 7.05 Å². The van der Waals surface area contributed by atoms with Gasteiger partial charge in [-0.25, -0.2) is 5.43 Å². The summed E-state index contributed by atoms with van der Waals surface area (Å²) in [4.78, 5) is 11.7. The Balaban J connectivity index is 2.17. The third-order valence-electron chi connectivity index (χ3n) is 2.15. The van der Waals surface area contributed by atoms with Crippen LogP contribution in [0.15, 0.2) is 12.3 Å². The molecule has 0 atom stereocenters. The highest BCUT2D eigenvalue weighted by Gasteiger charge is 2.21. The number of aromatic nitrogens is 2. The molecule has 1 saturated heterocycles. The summed E-state index contributed by atoms with van der Waals surface area (Å²) < 4.78 is 1.59. The fourth-order valence-electron chi connectivity index (χ4n) is 1.43. The van der Waals surface area contributed by atoms with Crippen molar-refractivity contribution in [2.75, 3.05) is 13.1 Å². The van der Waals surface area contributed by atoms with E-state index in [0.29, 0.717) is 5.69 Å². The highest BCUT2D eigenvalue weighted by Crippen LogP contribution is 2.04. The summed E-state index contributed by atoms with van der Waals surface area (Å²) in [6, 6.07) is 1.72. The standard InChI is InChI=1S/C8H12N4O/c1-11-7(3-5-9-11)8(13)12-6-2-4-10-12/h3,5,10H,2,4,6H2,1H3. The minimum Gasteiger partial charge on any atom is -0.273 e. The largest absolute Gasteiger partial charge is 0.286 e. The number of carbonyl (C=O) groups excluding carboxylic acids is 1. The fraction of sp³-hybridized carbons (Fsp3) is 0.500. The van der Waals surface area contributed by atoms with E-state index in [9.17, 15) is 4.79 Å². The van der Waals surface area contributed by atoms with Crippen molar-refractivity contribution in [1.29, 1.82) is 0 Å². The van der Waals surface area contributed by atoms with E-state index < -0.39 is 0 Å². The molecular formula is C8H12N4O. The average molecular weight is 180 g/mol. The van der Waals surface area contributed by atoms with E-state index in [-0.39, 0.29) is 5.91 Å². The van der Waals surface area contributed by atoms with Gasteiger partial charge in [-0.15, -0.1) is 0 Å². The maximum atomic E-state index is 11.7. The predicted molar refractivity (Wildman–Crippen MR) is 46.9 cm³/mol. The van der Waals surface area contributed by atoms with Crippen LogP contribution in [0.4, 0.5) is 0 Å². The first-order valence-corrected chi connectivity index (χ1v) is 4.32. The number of nitrogens with zero attached hydrogens (tertiary/aromatic N) is 3. The van der Waals surface area contributed by atoms with Crippen LogP contribution in [-0.4, -0.2) is 33.8 Å². The van der Waals surface area contributed by atoms with Gasteiger partial charge in [-0.05, 0) is 12.5 Å². The van der Waals surface area contributed by atoms with Crippen molar-refractivity contribution in [2.45, 2.75) is 6.42 Å². The molecule has 70 valence electrons. The van der Waals surface area contributed by atoms with Crippen LogP contribution in [0.3, 0.4) is 0 Å². The Labute approximate surface area is 76.3 Å². The Hall–Kier alpha value is -1.36. The first-order chi connectivity index (χ1) is 6.29. The lowest BCUT2D eigenvalue weighted by Crippen LogP contribution is -2.37. The first-order valence-electron chi connectivity index (χ1n) is 4.32. The molecule has 0 aliphatic carbocycles. The Morgan fingerprint density at radius 1 is 1.69 bits per heavy atom. The molecule has 0 spiro atoms. The molecule has 1 amide bonds. The Morgan fingerprint density at radius 2 is 2.54 bits per heavy atom.